The highest BCUT2D eigenvalue weighted by Crippen LogP contribution is 1.79. The molecule has 39 valence electrons. The third-order valence-electron chi connectivity index (χ3n) is 0.284. The Morgan fingerprint density at radius 3 is 2.14 bits per heavy atom. The molecule has 3 nitrogen and oxygen atoms in total. The normalized spacial score (nSPS) is 10.3. The Bertz CT molecular complexity index is 174. The first-order valence-corrected chi connectivity index (χ1v) is 3.31. The summed E-state index contributed by atoms with van der Waals surface area (Å²) >= 11 is 0. The third-order valence-corrected chi connectivity index (χ3v) is 0.853. The van der Waals surface area contributed by atoms with Crippen molar-refractivity contribution in [3.8, 4) is 6.07 Å². The lowest BCUT2D eigenvalue weighted by Gasteiger charge is -1.78. The van der Waals surface area contributed by atoms with E-state index in [2.05, 4.69) is 6.26 Å². The highest BCUT2D eigenvalue weighted by Gasteiger charge is 1.96. The van der Waals surface area contributed by atoms with Crippen molar-refractivity contribution in [3.63, 3.8) is 0 Å². The summed E-state index contributed by atoms with van der Waals surface area (Å²) in [5.74, 6) is -0.493. The summed E-state index contributed by atoms with van der Waals surface area (Å²) in [6.45, 7) is 0. The van der Waals surface area contributed by atoms with Gasteiger partial charge in [-0.25, -0.2) is 8.42 Å². The fourth-order valence-corrected chi connectivity index (χ4v) is 0.295. The average molecular weight is 118 g/mol. The van der Waals surface area contributed by atoms with Gasteiger partial charge >= 0.3 is 0 Å². The summed E-state index contributed by atoms with van der Waals surface area (Å²) < 4.78 is 19.8. The van der Waals surface area contributed by atoms with Crippen LogP contribution in [0.3, 0.4) is 0 Å². The average Bonchev–Trinajstić information content (AvgIpc) is 1.30. The van der Waals surface area contributed by atoms with Crippen molar-refractivity contribution < 1.29 is 8.42 Å². The molecule has 0 aliphatic carbocycles. The molecule has 4 heteroatoms. The molecule has 0 atom stereocenters. The number of nitriles is 1. The lowest BCUT2D eigenvalue weighted by Crippen LogP contribution is -1.95. The minimum absolute atomic E-state index is 0.493. The Kier molecular flexibility index (Phi) is 1.78. The van der Waals surface area contributed by atoms with Crippen molar-refractivity contribution in [2.45, 2.75) is 0 Å². The lowest BCUT2D eigenvalue weighted by molar-refractivity contribution is 0.607. The number of rotatable bonds is 1. The van der Waals surface area contributed by atoms with Gasteiger partial charge in [0.05, 0.1) is 12.3 Å². The van der Waals surface area contributed by atoms with E-state index in [1.807, 2.05) is 0 Å². The van der Waals surface area contributed by atoms with Gasteiger partial charge in [0.1, 0.15) is 5.75 Å². The monoisotopic (exact) mass is 118 g/mol. The Labute approximate surface area is 42.5 Å². The van der Waals surface area contributed by atoms with Crippen LogP contribution >= 0.6 is 0 Å². The van der Waals surface area contributed by atoms with E-state index < -0.39 is 15.6 Å². The molecule has 0 aromatic heterocycles. The van der Waals surface area contributed by atoms with Crippen molar-refractivity contribution in [3.05, 3.63) is 6.26 Å². The van der Waals surface area contributed by atoms with E-state index in [0.717, 1.165) is 0 Å². The summed E-state index contributed by atoms with van der Waals surface area (Å²) in [6.07, 6.45) is 2.71. The topological polar surface area (TPSA) is 57.9 Å². The molecular formula is C3H4NO2S. The summed E-state index contributed by atoms with van der Waals surface area (Å²) in [7, 11) is -3.29. The van der Waals surface area contributed by atoms with Gasteiger partial charge in [0.2, 0.25) is 0 Å². The smallest absolute Gasteiger partial charge is 0.164 e. The molecule has 0 aliphatic rings. The van der Waals surface area contributed by atoms with Crippen LogP contribution < -0.4 is 0 Å². The summed E-state index contributed by atoms with van der Waals surface area (Å²) in [5, 5.41) is 7.73. The van der Waals surface area contributed by atoms with Crippen LogP contribution in [0.5, 0.6) is 0 Å². The van der Waals surface area contributed by atoms with Gasteiger partial charge in [-0.05, 0) is 0 Å². The van der Waals surface area contributed by atoms with Gasteiger partial charge in [-0.2, -0.15) is 5.26 Å². The van der Waals surface area contributed by atoms with Crippen LogP contribution in [0.1, 0.15) is 0 Å². The van der Waals surface area contributed by atoms with E-state index in [1.54, 1.807) is 0 Å². The quantitative estimate of drug-likeness (QED) is 0.475. The molecule has 0 rings (SSSR count). The predicted octanol–water partition coefficient (Wildman–Crippen LogP) is -0.284. The second kappa shape index (κ2) is 1.94. The van der Waals surface area contributed by atoms with E-state index in [-0.39, 0.29) is 0 Å². The zero-order chi connectivity index (χ0) is 5.91. The summed E-state index contributed by atoms with van der Waals surface area (Å²) in [5.41, 5.74) is 0. The van der Waals surface area contributed by atoms with Gasteiger partial charge in [0, 0.05) is 0 Å². The van der Waals surface area contributed by atoms with Crippen molar-refractivity contribution >= 4 is 9.84 Å². The van der Waals surface area contributed by atoms with E-state index in [1.165, 1.54) is 6.07 Å². The second-order valence-corrected chi connectivity index (χ2v) is 2.82. The van der Waals surface area contributed by atoms with E-state index >= 15 is 0 Å². The zero-order valence-corrected chi connectivity index (χ0v) is 4.40. The number of hydrogen-bond donors (Lipinski definition) is 0. The molecule has 0 bridgehead atoms. The molecule has 1 radical (unpaired) electrons. The van der Waals surface area contributed by atoms with E-state index in [9.17, 15) is 8.42 Å². The van der Waals surface area contributed by atoms with Crippen molar-refractivity contribution in [1.82, 2.24) is 0 Å². The van der Waals surface area contributed by atoms with Gasteiger partial charge in [-0.15, -0.1) is 0 Å². The van der Waals surface area contributed by atoms with Crippen LogP contribution in [0.2, 0.25) is 0 Å². The molecule has 0 heterocycles. The van der Waals surface area contributed by atoms with Crippen LogP contribution in [0.25, 0.3) is 0 Å². The maximum atomic E-state index is 9.90. The van der Waals surface area contributed by atoms with Gasteiger partial charge < -0.3 is 0 Å². The Morgan fingerprint density at radius 2 is 2.14 bits per heavy atom. The predicted molar refractivity (Wildman–Crippen MR) is 24.8 cm³/mol. The Morgan fingerprint density at radius 1 is 1.71 bits per heavy atom. The highest BCUT2D eigenvalue weighted by atomic mass is 32.2. The Hall–Kier alpha value is -0.560. The molecule has 0 aromatic rings. The Balaban J connectivity index is 3.92. The van der Waals surface area contributed by atoms with Crippen molar-refractivity contribution in [2.75, 3.05) is 5.75 Å². The third kappa shape index (κ3) is 5.44. The second-order valence-electron chi connectivity index (χ2n) is 1.05. The van der Waals surface area contributed by atoms with Gasteiger partial charge in [0.25, 0.3) is 0 Å². The summed E-state index contributed by atoms with van der Waals surface area (Å²) in [4.78, 5) is 0. The van der Waals surface area contributed by atoms with Gasteiger partial charge in [0.15, 0.2) is 9.84 Å². The molecular weight excluding hydrogens is 114 g/mol. The van der Waals surface area contributed by atoms with Crippen molar-refractivity contribution in [1.29, 1.82) is 5.26 Å². The van der Waals surface area contributed by atoms with Crippen LogP contribution in [0.4, 0.5) is 0 Å². The van der Waals surface area contributed by atoms with Crippen LogP contribution in [0, 0.1) is 17.6 Å². The first-order chi connectivity index (χ1) is 3.06. The van der Waals surface area contributed by atoms with E-state index in [0.29, 0.717) is 0 Å². The number of nitrogens with zero attached hydrogens (tertiary/aromatic N) is 1. The first kappa shape index (κ1) is 6.44. The molecule has 0 spiro atoms. The lowest BCUT2D eigenvalue weighted by atomic mass is 10.9. The largest absolute Gasteiger partial charge is 0.228 e. The van der Waals surface area contributed by atoms with Gasteiger partial charge in [-0.1, -0.05) is 0 Å². The van der Waals surface area contributed by atoms with E-state index in [4.69, 9.17) is 5.26 Å². The maximum Gasteiger partial charge on any atom is 0.164 e. The summed E-state index contributed by atoms with van der Waals surface area (Å²) in [6, 6.07) is 1.46. The molecule has 0 N–H and O–H groups in total. The van der Waals surface area contributed by atoms with Crippen molar-refractivity contribution in [2.24, 2.45) is 0 Å². The fraction of sp³-hybridized carbons (Fsp3) is 0.333. The van der Waals surface area contributed by atoms with Crippen LogP contribution in [0.15, 0.2) is 0 Å². The molecule has 0 aliphatic heterocycles. The fourth-order valence-electron chi connectivity index (χ4n) is 0.0983. The molecule has 7 heavy (non-hydrogen) atoms. The molecule has 0 amide bonds. The number of sulfone groups is 1. The molecule has 0 saturated carbocycles. The van der Waals surface area contributed by atoms with Crippen LogP contribution in [-0.4, -0.2) is 14.2 Å². The first-order valence-electron chi connectivity index (χ1n) is 1.49. The standard InChI is InChI=1S/C3H4NO2S/c1-7(5,6)3-2-4/h1,3H2. The minimum atomic E-state index is -3.29. The zero-order valence-electron chi connectivity index (χ0n) is 3.59. The SMILES string of the molecule is [CH2]S(=O)(=O)CC#N. The highest BCUT2D eigenvalue weighted by molar-refractivity contribution is 7.92. The van der Waals surface area contributed by atoms with Gasteiger partial charge in [-0.3, -0.25) is 0 Å². The number of hydrogen-bond acceptors (Lipinski definition) is 3. The molecule has 0 unspecified atom stereocenters. The molecule has 0 aromatic carbocycles. The maximum absolute atomic E-state index is 9.90. The van der Waals surface area contributed by atoms with Crippen LogP contribution in [-0.2, 0) is 9.84 Å². The molecule has 0 fully saturated rings. The molecule has 0 saturated heterocycles. The minimum Gasteiger partial charge on any atom is -0.228 e.